The van der Waals surface area contributed by atoms with Crippen molar-refractivity contribution in [2.45, 2.75) is 19.9 Å². The summed E-state index contributed by atoms with van der Waals surface area (Å²) in [5.41, 5.74) is 0. The van der Waals surface area contributed by atoms with Crippen LogP contribution >= 0.6 is 9.39 Å². The van der Waals surface area contributed by atoms with Crippen LogP contribution in [0.2, 0.25) is 0 Å². The van der Waals surface area contributed by atoms with E-state index in [1.54, 1.807) is 0 Å². The summed E-state index contributed by atoms with van der Waals surface area (Å²) in [6, 6.07) is 0.699. The van der Waals surface area contributed by atoms with Gasteiger partial charge in [0.25, 0.3) is 0 Å². The van der Waals surface area contributed by atoms with Gasteiger partial charge in [0, 0.05) is 0 Å². The second kappa shape index (κ2) is 2.11. The zero-order valence-corrected chi connectivity index (χ0v) is 6.76. The fourth-order valence-corrected chi connectivity index (χ4v) is 0. The minimum Gasteiger partial charge on any atom is -0.317 e. The molecule has 0 saturated carbocycles. The molecule has 1 nitrogen and oxygen atoms in total. The zero-order valence-electron chi connectivity index (χ0n) is 5.60. The van der Waals surface area contributed by atoms with Gasteiger partial charge in [-0.2, -0.15) is 0 Å². The molecule has 0 bridgehead atoms. The van der Waals surface area contributed by atoms with Crippen molar-refractivity contribution in [3.8, 4) is 0 Å². The average Bonchev–Trinajstić information content (AvgIpc) is 1.31. The molecule has 0 heterocycles. The molecule has 7 heavy (non-hydrogen) atoms. The van der Waals surface area contributed by atoms with E-state index in [9.17, 15) is 0 Å². The first-order valence-corrected chi connectivity index (χ1v) is 3.08. The lowest BCUT2D eigenvalue weighted by Gasteiger charge is -2.27. The average molecular weight is 120 g/mol. The van der Waals surface area contributed by atoms with E-state index in [1.807, 2.05) is 0 Å². The molecule has 1 atom stereocenters. The van der Waals surface area contributed by atoms with Crippen molar-refractivity contribution in [3.63, 3.8) is 0 Å². The first kappa shape index (κ1) is 7.39. The van der Waals surface area contributed by atoms with Crippen LogP contribution in [0.25, 0.3) is 0 Å². The second-order valence-corrected chi connectivity index (χ2v) is 4.05. The van der Waals surface area contributed by atoms with Crippen molar-refractivity contribution in [2.24, 2.45) is 0 Å². The van der Waals surface area contributed by atoms with Gasteiger partial charge in [-0.1, -0.05) is 0 Å². The Labute approximate surface area is 48.6 Å². The van der Waals surface area contributed by atoms with Crippen LogP contribution in [0.15, 0.2) is 0 Å². The van der Waals surface area contributed by atoms with Crippen LogP contribution in [0.1, 0.15) is 13.8 Å². The Kier molecular flexibility index (Phi) is 2.22. The molecule has 0 N–H and O–H groups in total. The predicted octanol–water partition coefficient (Wildman–Crippen LogP) is 1.26. The van der Waals surface area contributed by atoms with E-state index in [1.165, 1.54) is 0 Å². The molecule has 0 aliphatic rings. The third-order valence-corrected chi connectivity index (χ3v) is 1.93. The Morgan fingerprint density at radius 2 is 1.43 bits per heavy atom. The van der Waals surface area contributed by atoms with Crippen LogP contribution in [0.4, 0.5) is 0 Å². The molecule has 0 aliphatic carbocycles. The van der Waals surface area contributed by atoms with Crippen LogP contribution < -0.4 is 0 Å². The van der Waals surface area contributed by atoms with Crippen molar-refractivity contribution < 1.29 is 4.25 Å². The van der Waals surface area contributed by atoms with Crippen LogP contribution in [-0.2, 0) is 0 Å². The summed E-state index contributed by atoms with van der Waals surface area (Å²) >= 11 is 0. The van der Waals surface area contributed by atoms with Gasteiger partial charge in [-0.3, -0.25) is 0 Å². The smallest absolute Gasteiger partial charge is 0.0835 e. The molecule has 0 aromatic carbocycles. The summed E-state index contributed by atoms with van der Waals surface area (Å²) in [4.78, 5) is 0. The van der Waals surface area contributed by atoms with Crippen LogP contribution in [0.3, 0.4) is 0 Å². The van der Waals surface area contributed by atoms with Gasteiger partial charge in [0.2, 0.25) is 0 Å². The number of rotatable bonds is 1. The van der Waals surface area contributed by atoms with Gasteiger partial charge in [-0.25, -0.2) is 0 Å². The lowest BCUT2D eigenvalue weighted by atomic mass is 10.4. The van der Waals surface area contributed by atoms with Gasteiger partial charge in [-0.05, 0) is 13.8 Å². The third-order valence-electron chi connectivity index (χ3n) is 1.33. The topological polar surface area (TPSA) is 0 Å². The fraction of sp³-hybridized carbons (Fsp3) is 1.00. The molecular weight excluding hydrogens is 105 g/mol. The predicted molar refractivity (Wildman–Crippen MR) is 37.0 cm³/mol. The lowest BCUT2D eigenvalue weighted by molar-refractivity contribution is -0.779. The minimum atomic E-state index is 0.699. The Balaban J connectivity index is 3.54. The quantitative estimate of drug-likeness (QED) is 0.457. The number of nitrogens with zero attached hydrogens (tertiary/aromatic N) is 1. The summed E-state index contributed by atoms with van der Waals surface area (Å²) in [6.07, 6.45) is 0. The summed E-state index contributed by atoms with van der Waals surface area (Å²) < 4.78 is 0.972. The van der Waals surface area contributed by atoms with Gasteiger partial charge < -0.3 is 4.25 Å². The Morgan fingerprint density at radius 1 is 1.29 bits per heavy atom. The monoisotopic (exact) mass is 120 g/mol. The largest absolute Gasteiger partial charge is 0.317 e. The molecular formula is C5H15NP+. The minimum absolute atomic E-state index is 0.699. The van der Waals surface area contributed by atoms with Gasteiger partial charge >= 0.3 is 0 Å². The van der Waals surface area contributed by atoms with E-state index >= 15 is 0 Å². The Bertz CT molecular complexity index is 53.6. The Hall–Kier alpha value is 0.390. The first-order valence-electron chi connectivity index (χ1n) is 2.57. The summed E-state index contributed by atoms with van der Waals surface area (Å²) in [6.45, 7) is 4.40. The number of hydrogen-bond donors (Lipinski definition) is 0. The van der Waals surface area contributed by atoms with Crippen LogP contribution in [0, 0.1) is 0 Å². The van der Waals surface area contributed by atoms with E-state index in [0.29, 0.717) is 6.04 Å². The SMILES string of the molecule is CC(C)[N+](C)(C)P. The maximum atomic E-state index is 2.77. The molecule has 0 spiro atoms. The van der Waals surface area contributed by atoms with E-state index in [0.717, 1.165) is 4.25 Å². The molecule has 0 saturated heterocycles. The van der Waals surface area contributed by atoms with Gasteiger partial charge in [0.15, 0.2) is 0 Å². The lowest BCUT2D eigenvalue weighted by Crippen LogP contribution is -2.34. The van der Waals surface area contributed by atoms with E-state index in [2.05, 4.69) is 37.3 Å². The van der Waals surface area contributed by atoms with E-state index < -0.39 is 0 Å². The highest BCUT2D eigenvalue weighted by Crippen LogP contribution is 2.11. The number of hydrogen-bond acceptors (Lipinski definition) is 0. The normalized spacial score (nSPS) is 12.9. The van der Waals surface area contributed by atoms with Gasteiger partial charge in [0.1, 0.15) is 0 Å². The van der Waals surface area contributed by atoms with Gasteiger partial charge in [-0.15, -0.1) is 0 Å². The first-order chi connectivity index (χ1) is 2.94. The maximum absolute atomic E-state index is 2.77. The second-order valence-electron chi connectivity index (χ2n) is 2.72. The summed E-state index contributed by atoms with van der Waals surface area (Å²) in [5.74, 6) is 0. The van der Waals surface area contributed by atoms with Crippen LogP contribution in [0.5, 0.6) is 0 Å². The molecule has 0 radical (unpaired) electrons. The molecule has 44 valence electrons. The standard InChI is InChI=1S/C5H15NP/c1-5(2)6(3,4)7/h5H,7H2,1-4H3/q+1. The Morgan fingerprint density at radius 3 is 1.43 bits per heavy atom. The molecule has 0 aromatic rings. The highest BCUT2D eigenvalue weighted by molar-refractivity contribution is 7.08. The van der Waals surface area contributed by atoms with Crippen molar-refractivity contribution >= 4 is 9.39 Å². The molecule has 0 fully saturated rings. The molecule has 0 amide bonds. The van der Waals surface area contributed by atoms with Crippen LogP contribution in [-0.4, -0.2) is 24.4 Å². The van der Waals surface area contributed by atoms with E-state index in [-0.39, 0.29) is 0 Å². The molecule has 0 aliphatic heterocycles. The summed E-state index contributed by atoms with van der Waals surface area (Å²) in [7, 11) is 7.09. The highest BCUT2D eigenvalue weighted by atomic mass is 31.0. The maximum Gasteiger partial charge on any atom is 0.0835 e. The molecule has 2 heteroatoms. The van der Waals surface area contributed by atoms with Crippen molar-refractivity contribution in [1.29, 1.82) is 0 Å². The molecule has 1 unspecified atom stereocenters. The van der Waals surface area contributed by atoms with E-state index in [4.69, 9.17) is 0 Å². The van der Waals surface area contributed by atoms with Crippen molar-refractivity contribution in [3.05, 3.63) is 0 Å². The molecule has 0 rings (SSSR count). The number of quaternary nitrogens is 1. The summed E-state index contributed by atoms with van der Waals surface area (Å²) in [5, 5.41) is 0. The zero-order chi connectivity index (χ0) is 6.08. The molecule has 0 aromatic heterocycles. The van der Waals surface area contributed by atoms with Crippen molar-refractivity contribution in [1.82, 2.24) is 0 Å². The van der Waals surface area contributed by atoms with Crippen molar-refractivity contribution in [2.75, 3.05) is 14.1 Å². The highest BCUT2D eigenvalue weighted by Gasteiger charge is 2.10. The van der Waals surface area contributed by atoms with Gasteiger partial charge in [0.05, 0.1) is 29.5 Å². The third kappa shape index (κ3) is 3.02. The fourth-order valence-electron chi connectivity index (χ4n) is 0.